The second-order valence-corrected chi connectivity index (χ2v) is 9.63. The first-order valence-corrected chi connectivity index (χ1v) is 12.5. The van der Waals surface area contributed by atoms with Gasteiger partial charge in [0.05, 0.1) is 18.6 Å². The van der Waals surface area contributed by atoms with Crippen molar-refractivity contribution in [2.24, 2.45) is 5.92 Å². The van der Waals surface area contributed by atoms with Crippen molar-refractivity contribution in [3.05, 3.63) is 66.7 Å². The fourth-order valence-electron chi connectivity index (χ4n) is 4.33. The third kappa shape index (κ3) is 5.13. The van der Waals surface area contributed by atoms with E-state index in [1.165, 1.54) is 12.8 Å². The quantitative estimate of drug-likeness (QED) is 0.292. The molecule has 0 bridgehead atoms. The van der Waals surface area contributed by atoms with Gasteiger partial charge in [-0.3, -0.25) is 0 Å². The first kappa shape index (κ1) is 22.6. The molecule has 1 saturated heterocycles. The van der Waals surface area contributed by atoms with Crippen LogP contribution < -0.4 is 19.5 Å². The highest BCUT2D eigenvalue weighted by Crippen LogP contribution is 2.47. The van der Waals surface area contributed by atoms with E-state index in [-0.39, 0.29) is 5.75 Å². The maximum absolute atomic E-state index is 9.98. The summed E-state index contributed by atoms with van der Waals surface area (Å²) in [5.74, 6) is 4.19. The minimum Gasteiger partial charge on any atom is -0.508 e. The van der Waals surface area contributed by atoms with Crippen LogP contribution in [-0.4, -0.2) is 31.9 Å². The maximum atomic E-state index is 9.98. The standard InChI is InChI=1S/C28H29NO4S/c1-31-22-5-2-20(3-6-22)28-27(25-11-4-21(30)18-26(25)34-28)33-24-9-7-23(8-10-24)32-17-14-19-12-15-29-16-13-19/h2-11,18-19,29-30H,12-17H2,1H3. The van der Waals surface area contributed by atoms with Crippen molar-refractivity contribution in [3.63, 3.8) is 0 Å². The number of piperidine rings is 1. The molecule has 1 fully saturated rings. The summed E-state index contributed by atoms with van der Waals surface area (Å²) in [5, 5.41) is 14.4. The number of fused-ring (bicyclic) bond motifs is 1. The highest BCUT2D eigenvalue weighted by Gasteiger charge is 2.17. The molecule has 0 saturated carbocycles. The number of methoxy groups -OCH3 is 1. The van der Waals surface area contributed by atoms with Crippen molar-refractivity contribution in [2.75, 3.05) is 26.8 Å². The lowest BCUT2D eigenvalue weighted by atomic mass is 9.95. The molecule has 2 heterocycles. The number of rotatable bonds is 8. The van der Waals surface area contributed by atoms with E-state index in [2.05, 4.69) is 5.32 Å². The number of thiophene rings is 1. The van der Waals surface area contributed by atoms with E-state index in [1.807, 2.05) is 54.6 Å². The molecule has 0 unspecified atom stereocenters. The van der Waals surface area contributed by atoms with Crippen molar-refractivity contribution in [1.82, 2.24) is 5.32 Å². The van der Waals surface area contributed by atoms with Crippen LogP contribution in [0.25, 0.3) is 20.5 Å². The van der Waals surface area contributed by atoms with Gasteiger partial charge in [-0.1, -0.05) is 0 Å². The van der Waals surface area contributed by atoms with Gasteiger partial charge in [0, 0.05) is 10.1 Å². The van der Waals surface area contributed by atoms with Crippen LogP contribution in [-0.2, 0) is 0 Å². The van der Waals surface area contributed by atoms with Crippen molar-refractivity contribution < 1.29 is 19.3 Å². The van der Waals surface area contributed by atoms with Crippen molar-refractivity contribution in [2.45, 2.75) is 19.3 Å². The molecule has 4 aromatic rings. The zero-order chi connectivity index (χ0) is 23.3. The van der Waals surface area contributed by atoms with E-state index >= 15 is 0 Å². The van der Waals surface area contributed by atoms with E-state index < -0.39 is 0 Å². The number of phenols is 1. The summed E-state index contributed by atoms with van der Waals surface area (Å²) in [6, 6.07) is 21.1. The van der Waals surface area contributed by atoms with Gasteiger partial charge < -0.3 is 24.6 Å². The summed E-state index contributed by atoms with van der Waals surface area (Å²) < 4.78 is 18.7. The molecule has 3 aromatic carbocycles. The summed E-state index contributed by atoms with van der Waals surface area (Å²) >= 11 is 1.60. The fraction of sp³-hybridized carbons (Fsp3) is 0.286. The Labute approximate surface area is 203 Å². The lowest BCUT2D eigenvalue weighted by Gasteiger charge is -2.22. The minimum absolute atomic E-state index is 0.243. The topological polar surface area (TPSA) is 60.0 Å². The Hall–Kier alpha value is -3.22. The molecular weight excluding hydrogens is 446 g/mol. The molecule has 6 heteroatoms. The maximum Gasteiger partial charge on any atom is 0.153 e. The monoisotopic (exact) mass is 475 g/mol. The SMILES string of the molecule is COc1ccc(-c2sc3cc(O)ccc3c2Oc2ccc(OCCC3CCNCC3)cc2)cc1. The van der Waals surface area contributed by atoms with Gasteiger partial charge in [0.15, 0.2) is 5.75 Å². The molecule has 0 aliphatic carbocycles. The summed E-state index contributed by atoms with van der Waals surface area (Å²) in [4.78, 5) is 1.01. The number of ether oxygens (including phenoxy) is 3. The van der Waals surface area contributed by atoms with E-state index in [0.29, 0.717) is 0 Å². The number of hydrogen-bond donors (Lipinski definition) is 2. The van der Waals surface area contributed by atoms with Crippen LogP contribution in [0.1, 0.15) is 19.3 Å². The molecule has 0 spiro atoms. The fourth-order valence-corrected chi connectivity index (χ4v) is 5.50. The van der Waals surface area contributed by atoms with Crippen LogP contribution in [0.2, 0.25) is 0 Å². The molecular formula is C28H29NO4S. The van der Waals surface area contributed by atoms with Gasteiger partial charge in [0.2, 0.25) is 0 Å². The van der Waals surface area contributed by atoms with Crippen molar-refractivity contribution in [1.29, 1.82) is 0 Å². The predicted molar refractivity (Wildman–Crippen MR) is 138 cm³/mol. The average molecular weight is 476 g/mol. The van der Waals surface area contributed by atoms with Crippen molar-refractivity contribution in [3.8, 4) is 39.2 Å². The van der Waals surface area contributed by atoms with Gasteiger partial charge in [0.1, 0.15) is 23.0 Å². The first-order chi connectivity index (χ1) is 16.7. The Kier molecular flexibility index (Phi) is 6.88. The molecule has 1 aliphatic rings. The predicted octanol–water partition coefficient (Wildman–Crippen LogP) is 6.84. The molecule has 176 valence electrons. The number of benzene rings is 3. The first-order valence-electron chi connectivity index (χ1n) is 11.7. The summed E-state index contributed by atoms with van der Waals surface area (Å²) in [5.41, 5.74) is 1.04. The van der Waals surface area contributed by atoms with Gasteiger partial charge >= 0.3 is 0 Å². The number of hydrogen-bond acceptors (Lipinski definition) is 6. The molecule has 1 aliphatic heterocycles. The molecule has 0 atom stereocenters. The molecule has 34 heavy (non-hydrogen) atoms. The van der Waals surface area contributed by atoms with Gasteiger partial charge in [-0.2, -0.15) is 0 Å². The Morgan fingerprint density at radius 1 is 0.912 bits per heavy atom. The van der Waals surface area contributed by atoms with Crippen LogP contribution in [0.3, 0.4) is 0 Å². The average Bonchev–Trinajstić information content (AvgIpc) is 3.23. The molecule has 2 N–H and O–H groups in total. The summed E-state index contributed by atoms with van der Waals surface area (Å²) in [7, 11) is 1.66. The lowest BCUT2D eigenvalue weighted by Crippen LogP contribution is -2.28. The molecule has 0 radical (unpaired) electrons. The van der Waals surface area contributed by atoms with Crippen LogP contribution >= 0.6 is 11.3 Å². The third-order valence-corrected chi connectivity index (χ3v) is 7.46. The third-order valence-electron chi connectivity index (χ3n) is 6.28. The van der Waals surface area contributed by atoms with Gasteiger partial charge in [-0.15, -0.1) is 11.3 Å². The Morgan fingerprint density at radius 3 is 2.35 bits per heavy atom. The molecule has 5 nitrogen and oxygen atoms in total. The Bertz CT molecular complexity index is 1230. The summed E-state index contributed by atoms with van der Waals surface area (Å²) in [6.07, 6.45) is 3.57. The molecule has 1 aromatic heterocycles. The second kappa shape index (κ2) is 10.4. The Balaban J connectivity index is 1.34. The smallest absolute Gasteiger partial charge is 0.153 e. The summed E-state index contributed by atoms with van der Waals surface area (Å²) in [6.45, 7) is 2.98. The highest BCUT2D eigenvalue weighted by atomic mass is 32.1. The van der Waals surface area contributed by atoms with Crippen LogP contribution in [0.5, 0.6) is 28.7 Å². The van der Waals surface area contributed by atoms with E-state index in [9.17, 15) is 5.11 Å². The van der Waals surface area contributed by atoms with E-state index in [1.54, 1.807) is 30.6 Å². The van der Waals surface area contributed by atoms with E-state index in [4.69, 9.17) is 14.2 Å². The van der Waals surface area contributed by atoms with E-state index in [0.717, 1.165) is 75.6 Å². The van der Waals surface area contributed by atoms with Gasteiger partial charge in [0.25, 0.3) is 0 Å². The van der Waals surface area contributed by atoms with Gasteiger partial charge in [-0.25, -0.2) is 0 Å². The number of aromatic hydroxyl groups is 1. The number of phenolic OH excluding ortho intramolecular Hbond substituents is 1. The Morgan fingerprint density at radius 2 is 1.62 bits per heavy atom. The van der Waals surface area contributed by atoms with Crippen LogP contribution in [0.15, 0.2) is 66.7 Å². The minimum atomic E-state index is 0.243. The van der Waals surface area contributed by atoms with Gasteiger partial charge in [-0.05, 0) is 111 Å². The lowest BCUT2D eigenvalue weighted by molar-refractivity contribution is 0.251. The molecule has 5 rings (SSSR count). The van der Waals surface area contributed by atoms with Crippen LogP contribution in [0.4, 0.5) is 0 Å². The second-order valence-electron chi connectivity index (χ2n) is 8.57. The number of nitrogens with one attached hydrogen (secondary N) is 1. The zero-order valence-corrected chi connectivity index (χ0v) is 20.1. The van der Waals surface area contributed by atoms with Crippen LogP contribution in [0, 0.1) is 5.92 Å². The zero-order valence-electron chi connectivity index (χ0n) is 19.3. The highest BCUT2D eigenvalue weighted by molar-refractivity contribution is 7.22. The van der Waals surface area contributed by atoms with Crippen molar-refractivity contribution >= 4 is 21.4 Å². The largest absolute Gasteiger partial charge is 0.508 e. The molecule has 0 amide bonds. The normalized spacial score (nSPS) is 14.3.